The van der Waals surface area contributed by atoms with Crippen molar-refractivity contribution < 1.29 is 9.53 Å². The number of aromatic nitrogens is 1. The van der Waals surface area contributed by atoms with Crippen molar-refractivity contribution in [3.63, 3.8) is 0 Å². The monoisotopic (exact) mass is 274 g/mol. The maximum absolute atomic E-state index is 12.3. The first-order valence-electron chi connectivity index (χ1n) is 7.36. The Hall–Kier alpha value is -1.84. The number of hydrogen-bond acceptors (Lipinski definition) is 4. The molecule has 0 spiro atoms. The maximum atomic E-state index is 12.3. The summed E-state index contributed by atoms with van der Waals surface area (Å²) in [6.07, 6.45) is 8.33. The molecule has 0 aliphatic carbocycles. The van der Waals surface area contributed by atoms with Gasteiger partial charge >= 0.3 is 0 Å². The third-order valence-corrected chi connectivity index (χ3v) is 3.39. The van der Waals surface area contributed by atoms with Crippen molar-refractivity contribution in [3.8, 4) is 0 Å². The number of ketones is 1. The van der Waals surface area contributed by atoms with Crippen molar-refractivity contribution in [1.29, 1.82) is 0 Å². The van der Waals surface area contributed by atoms with Gasteiger partial charge in [-0.1, -0.05) is 32.3 Å². The lowest BCUT2D eigenvalue weighted by atomic mass is 10.1. The summed E-state index contributed by atoms with van der Waals surface area (Å²) >= 11 is 0. The normalized spacial score (nSPS) is 14.7. The van der Waals surface area contributed by atoms with Crippen LogP contribution in [0.15, 0.2) is 36.4 Å². The molecule has 20 heavy (non-hydrogen) atoms. The number of nitrogens with zero attached hydrogens (tertiary/aromatic N) is 2. The van der Waals surface area contributed by atoms with Gasteiger partial charge < -0.3 is 9.64 Å². The molecule has 0 saturated heterocycles. The highest BCUT2D eigenvalue weighted by Gasteiger charge is 2.22. The molecule has 1 aliphatic heterocycles. The van der Waals surface area contributed by atoms with Crippen LogP contribution in [0.2, 0.25) is 0 Å². The Labute approximate surface area is 120 Å². The third kappa shape index (κ3) is 3.83. The molecule has 0 radical (unpaired) electrons. The molecule has 2 heterocycles. The van der Waals surface area contributed by atoms with Gasteiger partial charge in [0.1, 0.15) is 24.4 Å². The molecule has 1 aromatic rings. The summed E-state index contributed by atoms with van der Waals surface area (Å²) in [7, 11) is 0. The number of ether oxygens (including phenoxy) is 1. The van der Waals surface area contributed by atoms with E-state index in [1.54, 1.807) is 12.5 Å². The predicted molar refractivity (Wildman–Crippen MR) is 79.4 cm³/mol. The van der Waals surface area contributed by atoms with Gasteiger partial charge in [0.25, 0.3) is 0 Å². The van der Waals surface area contributed by atoms with E-state index in [-0.39, 0.29) is 5.78 Å². The van der Waals surface area contributed by atoms with E-state index < -0.39 is 0 Å². The zero-order valence-electron chi connectivity index (χ0n) is 12.0. The van der Waals surface area contributed by atoms with Crippen molar-refractivity contribution in [3.05, 3.63) is 36.4 Å². The molecule has 0 N–H and O–H groups in total. The van der Waals surface area contributed by atoms with Gasteiger partial charge in [0.15, 0.2) is 5.78 Å². The molecule has 1 aromatic heterocycles. The van der Waals surface area contributed by atoms with E-state index in [4.69, 9.17) is 4.74 Å². The SMILES string of the molecule is CCCCCCC(=O)C1=COCCN1c1ccccn1. The highest BCUT2D eigenvalue weighted by atomic mass is 16.5. The van der Waals surface area contributed by atoms with Crippen LogP contribution in [-0.2, 0) is 9.53 Å². The van der Waals surface area contributed by atoms with Crippen molar-refractivity contribution in [2.24, 2.45) is 0 Å². The number of unbranched alkanes of at least 4 members (excludes halogenated alkanes) is 3. The van der Waals surface area contributed by atoms with Crippen molar-refractivity contribution in [1.82, 2.24) is 4.98 Å². The molecule has 108 valence electrons. The summed E-state index contributed by atoms with van der Waals surface area (Å²) in [6, 6.07) is 5.73. The van der Waals surface area contributed by atoms with Gasteiger partial charge in [-0.25, -0.2) is 4.98 Å². The number of carbonyl (C=O) groups is 1. The minimum Gasteiger partial charge on any atom is -0.497 e. The maximum Gasteiger partial charge on any atom is 0.182 e. The molecular formula is C16H22N2O2. The molecule has 0 unspecified atom stereocenters. The number of pyridine rings is 1. The van der Waals surface area contributed by atoms with E-state index in [0.717, 1.165) is 18.7 Å². The average Bonchev–Trinajstić information content (AvgIpc) is 2.52. The van der Waals surface area contributed by atoms with Crippen LogP contribution in [0.25, 0.3) is 0 Å². The lowest BCUT2D eigenvalue weighted by molar-refractivity contribution is -0.116. The molecule has 0 bridgehead atoms. The van der Waals surface area contributed by atoms with Crippen LogP contribution in [-0.4, -0.2) is 23.9 Å². The Balaban J connectivity index is 2.00. The summed E-state index contributed by atoms with van der Waals surface area (Å²) in [6.45, 7) is 3.43. The summed E-state index contributed by atoms with van der Waals surface area (Å²) in [5.74, 6) is 0.954. The third-order valence-electron chi connectivity index (χ3n) is 3.39. The summed E-state index contributed by atoms with van der Waals surface area (Å²) in [4.78, 5) is 18.6. The van der Waals surface area contributed by atoms with Crippen LogP contribution in [0.4, 0.5) is 5.82 Å². The van der Waals surface area contributed by atoms with Crippen molar-refractivity contribution in [2.75, 3.05) is 18.1 Å². The quantitative estimate of drug-likeness (QED) is 0.715. The van der Waals surface area contributed by atoms with Crippen LogP contribution in [0.1, 0.15) is 39.0 Å². The largest absolute Gasteiger partial charge is 0.497 e. The first-order valence-corrected chi connectivity index (χ1v) is 7.36. The second-order valence-corrected chi connectivity index (χ2v) is 4.95. The fraction of sp³-hybridized carbons (Fsp3) is 0.500. The smallest absolute Gasteiger partial charge is 0.182 e. The zero-order chi connectivity index (χ0) is 14.2. The fourth-order valence-electron chi connectivity index (χ4n) is 2.27. The molecule has 0 saturated carbocycles. The van der Waals surface area contributed by atoms with Crippen LogP contribution >= 0.6 is 0 Å². The minimum atomic E-state index is 0.145. The second kappa shape index (κ2) is 7.68. The topological polar surface area (TPSA) is 42.4 Å². The number of allylic oxidation sites excluding steroid dienone is 1. The van der Waals surface area contributed by atoms with Gasteiger partial charge in [-0.2, -0.15) is 0 Å². The molecule has 4 heteroatoms. The molecule has 0 aromatic carbocycles. The van der Waals surface area contributed by atoms with Gasteiger partial charge in [-0.05, 0) is 18.6 Å². The number of anilines is 1. The number of hydrogen-bond donors (Lipinski definition) is 0. The zero-order valence-corrected chi connectivity index (χ0v) is 12.0. The van der Waals surface area contributed by atoms with Crippen LogP contribution in [0, 0.1) is 0 Å². The van der Waals surface area contributed by atoms with E-state index in [1.807, 2.05) is 23.1 Å². The van der Waals surface area contributed by atoms with Gasteiger partial charge in [-0.3, -0.25) is 4.79 Å². The Kier molecular flexibility index (Phi) is 5.59. The van der Waals surface area contributed by atoms with Gasteiger partial charge in [-0.15, -0.1) is 0 Å². The Morgan fingerprint density at radius 1 is 1.35 bits per heavy atom. The van der Waals surface area contributed by atoms with Crippen LogP contribution < -0.4 is 4.90 Å². The Bertz CT molecular complexity index is 457. The van der Waals surface area contributed by atoms with Gasteiger partial charge in [0.2, 0.25) is 0 Å². The van der Waals surface area contributed by atoms with E-state index in [2.05, 4.69) is 11.9 Å². The molecule has 0 atom stereocenters. The summed E-state index contributed by atoms with van der Waals surface area (Å²) in [5.41, 5.74) is 0.631. The van der Waals surface area contributed by atoms with E-state index in [9.17, 15) is 4.79 Å². The van der Waals surface area contributed by atoms with E-state index in [1.165, 1.54) is 12.8 Å². The number of Topliss-reactive ketones (excluding diaryl/α,β-unsaturated/α-hetero) is 1. The number of rotatable bonds is 7. The lowest BCUT2D eigenvalue weighted by Gasteiger charge is -2.28. The average molecular weight is 274 g/mol. The lowest BCUT2D eigenvalue weighted by Crippen LogP contribution is -2.34. The van der Waals surface area contributed by atoms with Gasteiger partial charge in [0, 0.05) is 12.6 Å². The molecular weight excluding hydrogens is 252 g/mol. The van der Waals surface area contributed by atoms with Crippen molar-refractivity contribution in [2.45, 2.75) is 39.0 Å². The Morgan fingerprint density at radius 3 is 3.00 bits per heavy atom. The van der Waals surface area contributed by atoms with Crippen LogP contribution in [0.3, 0.4) is 0 Å². The molecule has 0 fully saturated rings. The molecule has 1 aliphatic rings. The second-order valence-electron chi connectivity index (χ2n) is 4.95. The Morgan fingerprint density at radius 2 is 2.25 bits per heavy atom. The van der Waals surface area contributed by atoms with E-state index >= 15 is 0 Å². The molecule has 0 amide bonds. The minimum absolute atomic E-state index is 0.145. The molecule has 2 rings (SSSR count). The fourth-order valence-corrected chi connectivity index (χ4v) is 2.27. The van der Waals surface area contributed by atoms with Crippen molar-refractivity contribution >= 4 is 11.6 Å². The number of carbonyl (C=O) groups excluding carboxylic acids is 1. The van der Waals surface area contributed by atoms with Gasteiger partial charge in [0.05, 0.1) is 6.54 Å². The highest BCUT2D eigenvalue weighted by molar-refractivity contribution is 5.98. The predicted octanol–water partition coefficient (Wildman–Crippen LogP) is 3.30. The van der Waals surface area contributed by atoms with Crippen LogP contribution in [0.5, 0.6) is 0 Å². The summed E-state index contributed by atoms with van der Waals surface area (Å²) < 4.78 is 5.33. The first-order chi connectivity index (χ1) is 9.83. The highest BCUT2D eigenvalue weighted by Crippen LogP contribution is 2.21. The molecule has 4 nitrogen and oxygen atoms in total. The summed E-state index contributed by atoms with van der Waals surface area (Å²) in [5, 5.41) is 0. The standard InChI is InChI=1S/C16H22N2O2/c1-2-3-4-5-8-15(19)14-13-20-12-11-18(14)16-9-6-7-10-17-16/h6-7,9-10,13H,2-5,8,11-12H2,1H3. The first kappa shape index (κ1) is 14.6. The van der Waals surface area contributed by atoms with E-state index in [0.29, 0.717) is 25.3 Å².